The Morgan fingerprint density at radius 3 is 1.38 bits per heavy atom. The maximum absolute atomic E-state index is 5.98. The lowest BCUT2D eigenvalue weighted by Crippen LogP contribution is -2.33. The fourth-order valence-corrected chi connectivity index (χ4v) is 3.44. The molecule has 2 aromatic carbocycles. The summed E-state index contributed by atoms with van der Waals surface area (Å²) in [6.07, 6.45) is 0. The molecule has 0 aliphatic heterocycles. The molecule has 0 saturated carbocycles. The van der Waals surface area contributed by atoms with Crippen LogP contribution in [0.15, 0.2) is 73.8 Å². The van der Waals surface area contributed by atoms with Gasteiger partial charge >= 0.3 is 8.56 Å². The summed E-state index contributed by atoms with van der Waals surface area (Å²) in [5, 5.41) is 0. The normalized spacial score (nSPS) is 10.8. The molecule has 2 aromatic rings. The zero-order valence-electron chi connectivity index (χ0n) is 12.5. The summed E-state index contributed by atoms with van der Waals surface area (Å²) in [5.74, 6) is 1.27. The van der Waals surface area contributed by atoms with Crippen LogP contribution in [0.3, 0.4) is 0 Å². The van der Waals surface area contributed by atoms with Crippen molar-refractivity contribution in [2.24, 2.45) is 0 Å². The molecule has 0 atom stereocenters. The Labute approximate surface area is 127 Å². The van der Waals surface area contributed by atoms with Gasteiger partial charge in [-0.2, -0.15) is 0 Å². The predicted octanol–water partition coefficient (Wildman–Crippen LogP) is 5.06. The van der Waals surface area contributed by atoms with Gasteiger partial charge in [0.2, 0.25) is 0 Å². The van der Waals surface area contributed by atoms with E-state index < -0.39 is 8.56 Å². The second-order valence-electron chi connectivity index (χ2n) is 5.18. The highest BCUT2D eigenvalue weighted by molar-refractivity contribution is 6.66. The van der Waals surface area contributed by atoms with E-state index in [1.807, 2.05) is 73.8 Å². The summed E-state index contributed by atoms with van der Waals surface area (Å²) in [6, 6.07) is 19.7. The van der Waals surface area contributed by atoms with Crippen molar-refractivity contribution in [3.05, 3.63) is 84.9 Å². The summed E-state index contributed by atoms with van der Waals surface area (Å²) in [5.41, 5.74) is 1.93. The third-order valence-electron chi connectivity index (χ3n) is 2.93. The fraction of sp³-hybridized carbons (Fsp3) is 0.111. The van der Waals surface area contributed by atoms with E-state index in [0.29, 0.717) is 11.5 Å². The van der Waals surface area contributed by atoms with Crippen molar-refractivity contribution in [1.29, 1.82) is 0 Å². The Balaban J connectivity index is 2.02. The van der Waals surface area contributed by atoms with Gasteiger partial charge in [-0.3, -0.25) is 0 Å². The molecule has 0 bridgehead atoms. The van der Waals surface area contributed by atoms with E-state index in [9.17, 15) is 0 Å². The van der Waals surface area contributed by atoms with Gasteiger partial charge in [0.1, 0.15) is 11.5 Å². The third-order valence-corrected chi connectivity index (χ3v) is 4.41. The van der Waals surface area contributed by atoms with Crippen molar-refractivity contribution in [2.75, 3.05) is 0 Å². The van der Waals surface area contributed by atoms with Crippen molar-refractivity contribution in [2.45, 2.75) is 13.1 Å². The van der Waals surface area contributed by atoms with Gasteiger partial charge in [0.05, 0.1) is 0 Å². The Bertz CT molecular complexity index is 563. The van der Waals surface area contributed by atoms with Crippen molar-refractivity contribution in [3.8, 4) is 0 Å². The van der Waals surface area contributed by atoms with Crippen LogP contribution in [-0.4, -0.2) is 8.56 Å². The molecule has 0 aliphatic rings. The first-order chi connectivity index (χ1) is 9.98. The smallest absolute Gasteiger partial charge is 0.454 e. The Hall–Kier alpha value is -2.26. The lowest BCUT2D eigenvalue weighted by molar-refractivity contribution is 0.354. The van der Waals surface area contributed by atoms with Gasteiger partial charge in [0.25, 0.3) is 0 Å². The molecule has 0 saturated heterocycles. The molecule has 2 rings (SSSR count). The van der Waals surface area contributed by atoms with E-state index >= 15 is 0 Å². The van der Waals surface area contributed by atoms with Crippen LogP contribution in [0.1, 0.15) is 11.1 Å². The minimum absolute atomic E-state index is 0.633. The van der Waals surface area contributed by atoms with Crippen molar-refractivity contribution in [3.63, 3.8) is 0 Å². The maximum Gasteiger partial charge on any atom is 0.454 e. The van der Waals surface area contributed by atoms with Gasteiger partial charge in [-0.1, -0.05) is 73.8 Å². The van der Waals surface area contributed by atoms with Crippen LogP contribution in [0.5, 0.6) is 0 Å². The van der Waals surface area contributed by atoms with Crippen LogP contribution < -0.4 is 0 Å². The van der Waals surface area contributed by atoms with Crippen molar-refractivity contribution < 1.29 is 8.85 Å². The topological polar surface area (TPSA) is 18.5 Å². The third kappa shape index (κ3) is 4.36. The molecule has 2 nitrogen and oxygen atoms in total. The fourth-order valence-electron chi connectivity index (χ4n) is 1.98. The summed E-state index contributed by atoms with van der Waals surface area (Å²) in [7, 11) is -2.39. The first kappa shape index (κ1) is 15.1. The van der Waals surface area contributed by atoms with Crippen LogP contribution in [0.2, 0.25) is 13.1 Å². The Morgan fingerprint density at radius 1 is 0.714 bits per heavy atom. The molecule has 0 unspecified atom stereocenters. The lowest BCUT2D eigenvalue weighted by Gasteiger charge is -2.27. The molecule has 0 radical (unpaired) electrons. The van der Waals surface area contributed by atoms with Crippen LogP contribution in [0.25, 0.3) is 11.5 Å². The van der Waals surface area contributed by atoms with E-state index in [1.165, 1.54) is 0 Å². The molecule has 0 heterocycles. The zero-order chi connectivity index (χ0) is 15.3. The van der Waals surface area contributed by atoms with Gasteiger partial charge in [-0.05, 0) is 0 Å². The van der Waals surface area contributed by atoms with Gasteiger partial charge < -0.3 is 8.85 Å². The summed E-state index contributed by atoms with van der Waals surface area (Å²) in [6.45, 7) is 11.9. The molecule has 21 heavy (non-hydrogen) atoms. The number of benzene rings is 2. The molecular weight excluding hydrogens is 276 g/mol. The predicted molar refractivity (Wildman–Crippen MR) is 90.6 cm³/mol. The SMILES string of the molecule is C=C(O[Si](C)(C)OC(=C)c1ccccc1)c1ccccc1. The minimum atomic E-state index is -2.39. The van der Waals surface area contributed by atoms with Gasteiger partial charge in [-0.15, -0.1) is 0 Å². The standard InChI is InChI=1S/C18H20O2Si/c1-15(17-11-7-5-8-12-17)19-21(3,4)20-16(2)18-13-9-6-10-14-18/h5-14H,1-2H2,3-4H3. The van der Waals surface area contributed by atoms with Crippen molar-refractivity contribution >= 4 is 20.1 Å². The van der Waals surface area contributed by atoms with Crippen LogP contribution >= 0.6 is 0 Å². The quantitative estimate of drug-likeness (QED) is 0.548. The second kappa shape index (κ2) is 6.46. The van der Waals surface area contributed by atoms with Crippen LogP contribution in [0, 0.1) is 0 Å². The van der Waals surface area contributed by atoms with E-state index in [4.69, 9.17) is 8.85 Å². The zero-order valence-corrected chi connectivity index (χ0v) is 13.5. The molecular formula is C18H20O2Si. The van der Waals surface area contributed by atoms with E-state index in [1.54, 1.807) is 0 Å². The molecule has 0 amide bonds. The minimum Gasteiger partial charge on any atom is -0.512 e. The Morgan fingerprint density at radius 2 is 1.05 bits per heavy atom. The average Bonchev–Trinajstić information content (AvgIpc) is 2.48. The Kier molecular flexibility index (Phi) is 4.65. The molecule has 0 fully saturated rings. The summed E-state index contributed by atoms with van der Waals surface area (Å²) < 4.78 is 12.0. The average molecular weight is 296 g/mol. The largest absolute Gasteiger partial charge is 0.512 e. The molecule has 0 aliphatic carbocycles. The monoisotopic (exact) mass is 296 g/mol. The molecule has 3 heteroatoms. The van der Waals surface area contributed by atoms with Crippen LogP contribution in [0.4, 0.5) is 0 Å². The second-order valence-corrected chi connectivity index (χ2v) is 8.39. The first-order valence-corrected chi connectivity index (χ1v) is 9.66. The van der Waals surface area contributed by atoms with E-state index in [0.717, 1.165) is 11.1 Å². The summed E-state index contributed by atoms with van der Waals surface area (Å²) >= 11 is 0. The molecule has 0 spiro atoms. The van der Waals surface area contributed by atoms with Crippen LogP contribution in [-0.2, 0) is 8.85 Å². The number of hydrogen-bond donors (Lipinski definition) is 0. The molecule has 108 valence electrons. The lowest BCUT2D eigenvalue weighted by atomic mass is 10.2. The van der Waals surface area contributed by atoms with Gasteiger partial charge in [-0.25, -0.2) is 0 Å². The van der Waals surface area contributed by atoms with Gasteiger partial charge in [0, 0.05) is 24.2 Å². The maximum atomic E-state index is 5.98. The highest BCUT2D eigenvalue weighted by Gasteiger charge is 2.30. The van der Waals surface area contributed by atoms with E-state index in [-0.39, 0.29) is 0 Å². The first-order valence-electron chi connectivity index (χ1n) is 6.84. The highest BCUT2D eigenvalue weighted by Crippen LogP contribution is 2.24. The van der Waals surface area contributed by atoms with Crippen molar-refractivity contribution in [1.82, 2.24) is 0 Å². The summed E-state index contributed by atoms with van der Waals surface area (Å²) in [4.78, 5) is 0. The molecule has 0 aromatic heterocycles. The van der Waals surface area contributed by atoms with Gasteiger partial charge in [0.15, 0.2) is 0 Å². The number of hydrogen-bond acceptors (Lipinski definition) is 2. The number of rotatable bonds is 6. The molecule has 0 N–H and O–H groups in total. The highest BCUT2D eigenvalue weighted by atomic mass is 28.4. The van der Waals surface area contributed by atoms with E-state index in [2.05, 4.69) is 13.2 Å².